The van der Waals surface area contributed by atoms with Gasteiger partial charge in [-0.05, 0) is 56.4 Å². The Bertz CT molecular complexity index is 837. The van der Waals surface area contributed by atoms with Crippen LogP contribution in [0, 0.1) is 0 Å². The SMILES string of the molecule is CCOC(=O)C(=O)N1c2ccc(C(F)(F)F)cc2CCC1(CC)CCP(=O)(O)O. The third-order valence-electron chi connectivity index (χ3n) is 5.16. The van der Waals surface area contributed by atoms with Gasteiger partial charge in [-0.15, -0.1) is 0 Å². The number of esters is 1. The fraction of sp³-hybridized carbons (Fsp3) is 0.556. The molecule has 1 amide bonds. The number of ether oxygens (including phenoxy) is 1. The Morgan fingerprint density at radius 1 is 1.28 bits per heavy atom. The number of alkyl halides is 3. The summed E-state index contributed by atoms with van der Waals surface area (Å²) in [6.07, 6.45) is -4.63. The zero-order chi connectivity index (χ0) is 22.0. The van der Waals surface area contributed by atoms with Crippen LogP contribution in [-0.4, -0.2) is 40.0 Å². The smallest absolute Gasteiger partial charge is 0.416 e. The first-order chi connectivity index (χ1) is 13.3. The summed E-state index contributed by atoms with van der Waals surface area (Å²) in [5, 5.41) is 0. The van der Waals surface area contributed by atoms with Gasteiger partial charge in [0.05, 0.1) is 18.3 Å². The van der Waals surface area contributed by atoms with Gasteiger partial charge in [0.2, 0.25) is 0 Å². The van der Waals surface area contributed by atoms with Crippen molar-refractivity contribution in [2.45, 2.75) is 51.2 Å². The molecule has 1 unspecified atom stereocenters. The minimum absolute atomic E-state index is 0.0696. The van der Waals surface area contributed by atoms with Crippen molar-refractivity contribution in [3.05, 3.63) is 29.3 Å². The monoisotopic (exact) mass is 437 g/mol. The highest BCUT2D eigenvalue weighted by Crippen LogP contribution is 2.46. The van der Waals surface area contributed by atoms with Crippen molar-refractivity contribution in [1.29, 1.82) is 0 Å². The highest BCUT2D eigenvalue weighted by molar-refractivity contribution is 7.51. The van der Waals surface area contributed by atoms with E-state index in [2.05, 4.69) is 0 Å². The van der Waals surface area contributed by atoms with Crippen molar-refractivity contribution in [1.82, 2.24) is 0 Å². The average Bonchev–Trinajstić information content (AvgIpc) is 2.63. The van der Waals surface area contributed by atoms with Crippen LogP contribution in [0.5, 0.6) is 0 Å². The molecule has 0 saturated carbocycles. The van der Waals surface area contributed by atoms with E-state index in [4.69, 9.17) is 4.74 Å². The molecule has 0 fully saturated rings. The number of fused-ring (bicyclic) bond motifs is 1. The highest BCUT2D eigenvalue weighted by Gasteiger charge is 2.46. The Morgan fingerprint density at radius 3 is 2.45 bits per heavy atom. The molecule has 11 heteroatoms. The zero-order valence-corrected chi connectivity index (χ0v) is 16.9. The first-order valence-electron chi connectivity index (χ1n) is 9.10. The van der Waals surface area contributed by atoms with Gasteiger partial charge in [0.25, 0.3) is 0 Å². The molecule has 0 saturated heterocycles. The van der Waals surface area contributed by atoms with E-state index in [0.29, 0.717) is 0 Å². The summed E-state index contributed by atoms with van der Waals surface area (Å²) in [6.45, 7) is 3.13. The second kappa shape index (κ2) is 8.45. The van der Waals surface area contributed by atoms with Crippen LogP contribution in [0.25, 0.3) is 0 Å². The molecule has 7 nitrogen and oxygen atoms in total. The molecule has 2 rings (SSSR count). The summed E-state index contributed by atoms with van der Waals surface area (Å²) < 4.78 is 55.4. The second-order valence-corrected chi connectivity index (χ2v) is 8.70. The van der Waals surface area contributed by atoms with Crippen LogP contribution in [0.4, 0.5) is 18.9 Å². The number of carbonyl (C=O) groups is 2. The number of nitrogens with zero attached hydrogens (tertiary/aromatic N) is 1. The van der Waals surface area contributed by atoms with Gasteiger partial charge >= 0.3 is 25.6 Å². The summed E-state index contributed by atoms with van der Waals surface area (Å²) in [5.41, 5.74) is -1.65. The van der Waals surface area contributed by atoms with E-state index < -0.39 is 42.9 Å². The van der Waals surface area contributed by atoms with Crippen LogP contribution in [0.15, 0.2) is 18.2 Å². The first kappa shape index (κ1) is 23.4. The molecule has 0 aromatic heterocycles. The van der Waals surface area contributed by atoms with E-state index in [9.17, 15) is 37.1 Å². The maximum atomic E-state index is 13.1. The summed E-state index contributed by atoms with van der Waals surface area (Å²) in [5.74, 6) is -2.24. The Balaban J connectivity index is 2.57. The molecule has 0 bridgehead atoms. The third-order valence-corrected chi connectivity index (χ3v) is 5.97. The molecule has 1 aliphatic heterocycles. The van der Waals surface area contributed by atoms with Gasteiger partial charge in [-0.25, -0.2) is 4.79 Å². The molecule has 1 aromatic carbocycles. The van der Waals surface area contributed by atoms with E-state index in [1.165, 1.54) is 6.92 Å². The molecule has 1 aliphatic rings. The lowest BCUT2D eigenvalue weighted by Crippen LogP contribution is -2.57. The van der Waals surface area contributed by atoms with Crippen LogP contribution in [0.2, 0.25) is 0 Å². The number of amides is 1. The summed E-state index contributed by atoms with van der Waals surface area (Å²) in [4.78, 5) is 44.6. The molecule has 29 heavy (non-hydrogen) atoms. The van der Waals surface area contributed by atoms with Crippen molar-refractivity contribution >= 4 is 25.2 Å². The molecule has 2 N–H and O–H groups in total. The Kier molecular flexibility index (Phi) is 6.82. The summed E-state index contributed by atoms with van der Waals surface area (Å²) >= 11 is 0. The van der Waals surface area contributed by atoms with Gasteiger partial charge in [0.15, 0.2) is 0 Å². The van der Waals surface area contributed by atoms with E-state index >= 15 is 0 Å². The number of benzene rings is 1. The Labute approximate surface area is 166 Å². The van der Waals surface area contributed by atoms with Crippen molar-refractivity contribution in [3.63, 3.8) is 0 Å². The second-order valence-electron chi connectivity index (χ2n) is 6.92. The molecule has 1 aromatic rings. The topological polar surface area (TPSA) is 104 Å². The predicted octanol–water partition coefficient (Wildman–Crippen LogP) is 3.26. The standard InChI is InChI=1S/C18H23F3NO6P/c1-3-17(9-10-29(25,26)27)8-7-12-11-13(18(19,20)21)5-6-14(12)22(17)15(23)16(24)28-4-2/h5-6,11H,3-4,7-10H2,1-2H3,(H2,25,26,27). The highest BCUT2D eigenvalue weighted by atomic mass is 31.2. The van der Waals surface area contributed by atoms with Crippen LogP contribution in [-0.2, 0) is 31.5 Å². The number of hydrogen-bond acceptors (Lipinski definition) is 4. The molecule has 162 valence electrons. The minimum atomic E-state index is -4.56. The summed E-state index contributed by atoms with van der Waals surface area (Å²) in [7, 11) is -4.40. The van der Waals surface area contributed by atoms with Crippen LogP contribution in [0.1, 0.15) is 44.2 Å². The first-order valence-corrected chi connectivity index (χ1v) is 10.9. The maximum absolute atomic E-state index is 13.1. The van der Waals surface area contributed by atoms with Gasteiger partial charge in [-0.2, -0.15) is 13.2 Å². The van der Waals surface area contributed by atoms with Crippen LogP contribution < -0.4 is 4.90 Å². The lowest BCUT2D eigenvalue weighted by Gasteiger charge is -2.47. The number of carbonyl (C=O) groups excluding carboxylic acids is 2. The summed E-state index contributed by atoms with van der Waals surface area (Å²) in [6, 6.07) is 2.87. The van der Waals surface area contributed by atoms with Crippen LogP contribution >= 0.6 is 7.60 Å². The molecule has 0 aliphatic carbocycles. The van der Waals surface area contributed by atoms with Crippen molar-refractivity contribution in [3.8, 4) is 0 Å². The van der Waals surface area contributed by atoms with Crippen molar-refractivity contribution in [2.75, 3.05) is 17.7 Å². The number of hydrogen-bond donors (Lipinski definition) is 2. The van der Waals surface area contributed by atoms with Crippen LogP contribution in [0.3, 0.4) is 0 Å². The van der Waals surface area contributed by atoms with E-state index in [-0.39, 0.29) is 43.5 Å². The molecular formula is C18H23F3NO6P. The molecule has 0 spiro atoms. The van der Waals surface area contributed by atoms with E-state index in [1.807, 2.05) is 0 Å². The zero-order valence-electron chi connectivity index (χ0n) is 16.0. The number of rotatable bonds is 5. The molecular weight excluding hydrogens is 414 g/mol. The third kappa shape index (κ3) is 5.18. The fourth-order valence-electron chi connectivity index (χ4n) is 3.63. The number of halogens is 3. The largest absolute Gasteiger partial charge is 0.459 e. The quantitative estimate of drug-likeness (QED) is 0.416. The lowest BCUT2D eigenvalue weighted by molar-refractivity contribution is -0.154. The minimum Gasteiger partial charge on any atom is -0.459 e. The Morgan fingerprint density at radius 2 is 1.93 bits per heavy atom. The number of anilines is 1. The average molecular weight is 437 g/mol. The fourth-order valence-corrected chi connectivity index (χ4v) is 4.33. The molecule has 1 heterocycles. The van der Waals surface area contributed by atoms with Gasteiger partial charge < -0.3 is 14.5 Å². The van der Waals surface area contributed by atoms with E-state index in [0.717, 1.165) is 23.1 Å². The predicted molar refractivity (Wildman–Crippen MR) is 98.4 cm³/mol. The van der Waals surface area contributed by atoms with E-state index in [1.54, 1.807) is 6.92 Å². The Hall–Kier alpha value is -1.90. The van der Waals surface area contributed by atoms with Crippen molar-refractivity contribution in [2.24, 2.45) is 0 Å². The van der Waals surface area contributed by atoms with Gasteiger partial charge in [-0.1, -0.05) is 6.92 Å². The van der Waals surface area contributed by atoms with Gasteiger partial charge in [-0.3, -0.25) is 14.3 Å². The molecule has 1 atom stereocenters. The van der Waals surface area contributed by atoms with Crippen molar-refractivity contribution < 1.29 is 41.8 Å². The van der Waals surface area contributed by atoms with Gasteiger partial charge in [0, 0.05) is 11.2 Å². The lowest BCUT2D eigenvalue weighted by atomic mass is 9.79. The van der Waals surface area contributed by atoms with Gasteiger partial charge in [0.1, 0.15) is 0 Å². The molecule has 0 radical (unpaired) electrons. The number of aryl methyl sites for hydroxylation is 1. The maximum Gasteiger partial charge on any atom is 0.416 e. The normalized spacial score (nSPS) is 19.6.